The Bertz CT molecular complexity index is 183. The van der Waals surface area contributed by atoms with Crippen molar-refractivity contribution in [3.8, 4) is 0 Å². The van der Waals surface area contributed by atoms with E-state index in [2.05, 4.69) is 37.9 Å². The summed E-state index contributed by atoms with van der Waals surface area (Å²) in [5.41, 5.74) is 0.306. The summed E-state index contributed by atoms with van der Waals surface area (Å²) in [6.07, 6.45) is 0. The van der Waals surface area contributed by atoms with Crippen molar-refractivity contribution in [1.29, 1.82) is 0 Å². The molecule has 0 aromatic heterocycles. The molecule has 1 rings (SSSR count). The van der Waals surface area contributed by atoms with Crippen LogP contribution in [0.1, 0.15) is 27.7 Å². The summed E-state index contributed by atoms with van der Waals surface area (Å²) in [5.74, 6) is 0. The quantitative estimate of drug-likeness (QED) is 0.659. The molecule has 0 aliphatic carbocycles. The molecule has 2 nitrogen and oxygen atoms in total. The van der Waals surface area contributed by atoms with Crippen LogP contribution in [0.2, 0.25) is 0 Å². The van der Waals surface area contributed by atoms with Gasteiger partial charge in [-0.25, -0.2) is 0 Å². The zero-order valence-corrected chi connectivity index (χ0v) is 9.18. The van der Waals surface area contributed by atoms with Crippen molar-refractivity contribution in [3.05, 3.63) is 0 Å². The molecule has 1 aliphatic rings. The van der Waals surface area contributed by atoms with E-state index in [0.29, 0.717) is 11.5 Å². The van der Waals surface area contributed by atoms with Crippen LogP contribution in [0, 0.1) is 5.41 Å². The zero-order chi connectivity index (χ0) is 9.35. The van der Waals surface area contributed by atoms with Crippen molar-refractivity contribution >= 4 is 4.67 Å². The van der Waals surface area contributed by atoms with Crippen LogP contribution in [0.5, 0.6) is 0 Å². The molecule has 1 atom stereocenters. The average molecular weight is 218 g/mol. The van der Waals surface area contributed by atoms with E-state index in [1.165, 1.54) is 0 Å². The second-order valence-electron chi connectivity index (χ2n) is 4.30. The van der Waals surface area contributed by atoms with Gasteiger partial charge in [0.2, 0.25) is 0 Å². The number of hydrogen-bond acceptors (Lipinski definition) is 2. The normalized spacial score (nSPS) is 26.8. The Labute approximate surface area is 83.1 Å². The third-order valence-electron chi connectivity index (χ3n) is 2.37. The Morgan fingerprint density at radius 2 is 2.17 bits per heavy atom. The van der Waals surface area contributed by atoms with Crippen LogP contribution in [0.15, 0.2) is 0 Å². The number of hydrogen-bond donors (Lipinski definition) is 1. The second kappa shape index (κ2) is 3.59. The first-order valence-corrected chi connectivity index (χ1v) is 4.93. The number of nitrogens with zero attached hydrogens (tertiary/aromatic N) is 1. The Hall–Kier alpha value is 0.309. The van der Waals surface area contributed by atoms with E-state index >= 15 is 0 Å². The van der Waals surface area contributed by atoms with E-state index in [1.54, 1.807) is 0 Å². The fraction of sp³-hybridized carbons (Fsp3) is 0.889. The minimum atomic E-state index is 0.306. The van der Waals surface area contributed by atoms with Crippen LogP contribution >= 0.6 is 0 Å². The van der Waals surface area contributed by atoms with E-state index in [9.17, 15) is 0 Å². The third kappa shape index (κ3) is 1.97. The van der Waals surface area contributed by atoms with Gasteiger partial charge in [0.05, 0.1) is 0 Å². The monoisotopic (exact) mass is 217 g/mol. The van der Waals surface area contributed by atoms with Gasteiger partial charge in [0.15, 0.2) is 0 Å². The molecule has 0 bridgehead atoms. The van der Waals surface area contributed by atoms with Gasteiger partial charge in [0, 0.05) is 0 Å². The van der Waals surface area contributed by atoms with Gasteiger partial charge in [-0.3, -0.25) is 0 Å². The summed E-state index contributed by atoms with van der Waals surface area (Å²) in [4.78, 5) is 2.26. The van der Waals surface area contributed by atoms with Gasteiger partial charge in [0.25, 0.3) is 0 Å². The molecule has 0 radical (unpaired) electrons. The Morgan fingerprint density at radius 1 is 1.58 bits per heavy atom. The van der Waals surface area contributed by atoms with E-state index in [1.807, 2.05) is 0 Å². The van der Waals surface area contributed by atoms with E-state index < -0.39 is 0 Å². The fourth-order valence-electron chi connectivity index (χ4n) is 1.63. The predicted molar refractivity (Wildman–Crippen MR) is 48.6 cm³/mol. The molecule has 1 unspecified atom stereocenters. The van der Waals surface area contributed by atoms with Gasteiger partial charge in [-0.05, 0) is 0 Å². The summed E-state index contributed by atoms with van der Waals surface area (Å²) in [6.45, 7) is 10.9. The first kappa shape index (κ1) is 10.4. The zero-order valence-electron chi connectivity index (χ0n) is 8.24. The van der Waals surface area contributed by atoms with Crippen molar-refractivity contribution in [2.45, 2.75) is 33.7 Å². The molecule has 1 fully saturated rings. The molecule has 0 aromatic rings. The SMILES string of the molecule is CCN1[C](=[Cu])NCC1C(C)(C)C. The number of rotatable bonds is 1. The summed E-state index contributed by atoms with van der Waals surface area (Å²) >= 11 is 5.35. The van der Waals surface area contributed by atoms with Crippen LogP contribution in [0.4, 0.5) is 0 Å². The van der Waals surface area contributed by atoms with Crippen LogP contribution in [0.3, 0.4) is 0 Å². The summed E-state index contributed by atoms with van der Waals surface area (Å²) in [5, 5.41) is 3.23. The summed E-state index contributed by atoms with van der Waals surface area (Å²) in [7, 11) is 0. The minimum absolute atomic E-state index is 0.306. The molecule has 1 heterocycles. The molecule has 0 saturated carbocycles. The van der Waals surface area contributed by atoms with Crippen LogP contribution in [-0.2, 0) is 15.6 Å². The molecule has 1 saturated heterocycles. The van der Waals surface area contributed by atoms with E-state index in [0.717, 1.165) is 17.8 Å². The molecule has 1 aliphatic heterocycles. The molecular weight excluding hydrogens is 200 g/mol. The summed E-state index contributed by atoms with van der Waals surface area (Å²) in [6, 6.07) is 0.546. The van der Waals surface area contributed by atoms with Crippen LogP contribution < -0.4 is 5.32 Å². The second-order valence-corrected chi connectivity index (χ2v) is 4.75. The number of likely N-dealkylation sites (N-methyl/N-ethyl adjacent to an activating group) is 1. The number of nitrogens with one attached hydrogen (secondary N) is 1. The van der Waals surface area contributed by atoms with Gasteiger partial charge in [0.1, 0.15) is 0 Å². The van der Waals surface area contributed by atoms with Gasteiger partial charge in [-0.2, -0.15) is 0 Å². The molecule has 75 valence electrons. The maximum atomic E-state index is 5.35. The molecular formula is C9H18CuN2. The van der Waals surface area contributed by atoms with Gasteiger partial charge >= 0.3 is 82.7 Å². The first-order chi connectivity index (χ1) is 5.46. The van der Waals surface area contributed by atoms with Crippen LogP contribution in [-0.4, -0.2) is 28.7 Å². The topological polar surface area (TPSA) is 15.3 Å². The average Bonchev–Trinajstić information content (AvgIpc) is 2.29. The predicted octanol–water partition coefficient (Wildman–Crippen LogP) is 0.960. The molecule has 0 spiro atoms. The third-order valence-corrected chi connectivity index (χ3v) is 2.81. The van der Waals surface area contributed by atoms with Crippen molar-refractivity contribution < 1.29 is 15.6 Å². The first-order valence-electron chi connectivity index (χ1n) is 4.46. The van der Waals surface area contributed by atoms with E-state index in [4.69, 9.17) is 15.6 Å². The molecule has 12 heavy (non-hydrogen) atoms. The van der Waals surface area contributed by atoms with E-state index in [-0.39, 0.29) is 0 Å². The Kier molecular flexibility index (Phi) is 3.10. The van der Waals surface area contributed by atoms with Crippen molar-refractivity contribution in [1.82, 2.24) is 10.2 Å². The molecule has 0 aromatic carbocycles. The standard InChI is InChI=1S/C9H18N2.Cu/c1-5-11-7-10-6-8(11)9(2,3)4;/h8,10H,5-6H2,1-4H3;. The van der Waals surface area contributed by atoms with Crippen molar-refractivity contribution in [2.24, 2.45) is 5.41 Å². The fourth-order valence-corrected chi connectivity index (χ4v) is 2.02. The van der Waals surface area contributed by atoms with Gasteiger partial charge in [-0.15, -0.1) is 0 Å². The van der Waals surface area contributed by atoms with Crippen LogP contribution in [0.25, 0.3) is 0 Å². The Balaban J connectivity index is 2.73. The van der Waals surface area contributed by atoms with Gasteiger partial charge < -0.3 is 0 Å². The maximum absolute atomic E-state index is 5.35. The van der Waals surface area contributed by atoms with Crippen molar-refractivity contribution in [2.75, 3.05) is 13.1 Å². The van der Waals surface area contributed by atoms with Crippen molar-refractivity contribution in [3.63, 3.8) is 0 Å². The molecule has 1 N–H and O–H groups in total. The van der Waals surface area contributed by atoms with Gasteiger partial charge in [-0.1, -0.05) is 0 Å². The Morgan fingerprint density at radius 3 is 2.50 bits per heavy atom. The molecule has 3 heteroatoms. The molecule has 0 amide bonds. The summed E-state index contributed by atoms with van der Waals surface area (Å²) < 4.78 is 0.893.